The topological polar surface area (TPSA) is 46.5 Å². The van der Waals surface area contributed by atoms with Gasteiger partial charge in [0.25, 0.3) is 5.91 Å². The van der Waals surface area contributed by atoms with Crippen LogP contribution in [-0.4, -0.2) is 53.8 Å². The number of hydrogen-bond acceptors (Lipinski definition) is 3. The number of carbonyl (C=O) groups excluding carboxylic acids is 1. The highest BCUT2D eigenvalue weighted by Crippen LogP contribution is 2.15. The number of carbonyl (C=O) groups is 1. The fourth-order valence-electron chi connectivity index (χ4n) is 3.38. The van der Waals surface area contributed by atoms with Crippen LogP contribution in [-0.2, 0) is 17.7 Å². The molecule has 0 aliphatic carbocycles. The molecule has 0 radical (unpaired) electrons. The van der Waals surface area contributed by atoms with Gasteiger partial charge < -0.3 is 14.6 Å². The molecule has 1 fully saturated rings. The number of nitrogens with zero attached hydrogens (tertiary/aromatic N) is 2. The Labute approximate surface area is 156 Å². The number of morpholine rings is 1. The van der Waals surface area contributed by atoms with Gasteiger partial charge in [-0.25, -0.2) is 0 Å². The summed E-state index contributed by atoms with van der Waals surface area (Å²) >= 11 is 0. The van der Waals surface area contributed by atoms with Crippen molar-refractivity contribution in [2.75, 3.05) is 32.8 Å². The zero-order valence-corrected chi connectivity index (χ0v) is 15.8. The molecule has 0 spiro atoms. The molecular weight excluding hydrogens is 326 g/mol. The van der Waals surface area contributed by atoms with Gasteiger partial charge in [0.1, 0.15) is 5.69 Å². The van der Waals surface area contributed by atoms with Crippen LogP contribution in [0.3, 0.4) is 0 Å². The first-order valence-corrected chi connectivity index (χ1v) is 9.36. The number of benzene rings is 1. The van der Waals surface area contributed by atoms with E-state index in [-0.39, 0.29) is 11.4 Å². The van der Waals surface area contributed by atoms with Crippen molar-refractivity contribution in [2.24, 2.45) is 0 Å². The lowest BCUT2D eigenvalue weighted by Gasteiger charge is -2.40. The first-order valence-electron chi connectivity index (χ1n) is 9.36. The standard InChI is InChI=1S/C21H29N3O2/c1-21(2,24-13-15-26-16-14-24)17-22-20(25)19-9-6-11-23(19)12-10-18-7-4-3-5-8-18/h3-9,11H,10,12-17H2,1-2H3,(H,22,25). The first-order chi connectivity index (χ1) is 12.6. The van der Waals surface area contributed by atoms with Crippen LogP contribution in [0.15, 0.2) is 48.7 Å². The van der Waals surface area contributed by atoms with E-state index in [0.717, 1.165) is 45.0 Å². The van der Waals surface area contributed by atoms with Gasteiger partial charge in [0, 0.05) is 37.9 Å². The predicted octanol–water partition coefficient (Wildman–Crippen LogP) is 2.57. The minimum absolute atomic E-state index is 0.00982. The minimum Gasteiger partial charge on any atom is -0.379 e. The van der Waals surface area contributed by atoms with Crippen LogP contribution >= 0.6 is 0 Å². The van der Waals surface area contributed by atoms with Gasteiger partial charge in [0.15, 0.2) is 0 Å². The third-order valence-electron chi connectivity index (χ3n) is 5.10. The van der Waals surface area contributed by atoms with E-state index in [4.69, 9.17) is 4.74 Å². The summed E-state index contributed by atoms with van der Waals surface area (Å²) in [6.45, 7) is 9.12. The van der Waals surface area contributed by atoms with E-state index in [1.165, 1.54) is 5.56 Å². The smallest absolute Gasteiger partial charge is 0.267 e. The Morgan fingerprint density at radius 3 is 2.58 bits per heavy atom. The second-order valence-corrected chi connectivity index (χ2v) is 7.42. The van der Waals surface area contributed by atoms with Crippen LogP contribution in [0.2, 0.25) is 0 Å². The van der Waals surface area contributed by atoms with Gasteiger partial charge in [0.2, 0.25) is 0 Å². The molecule has 0 saturated carbocycles. The lowest BCUT2D eigenvalue weighted by atomic mass is 10.0. The number of aryl methyl sites for hydroxylation is 2. The van der Waals surface area contributed by atoms with Crippen molar-refractivity contribution < 1.29 is 9.53 Å². The molecule has 1 N–H and O–H groups in total. The van der Waals surface area contributed by atoms with E-state index in [1.54, 1.807) is 0 Å². The molecule has 5 heteroatoms. The number of aromatic nitrogens is 1. The molecule has 1 aromatic heterocycles. The Hall–Kier alpha value is -2.11. The maximum absolute atomic E-state index is 12.7. The maximum Gasteiger partial charge on any atom is 0.267 e. The fourth-order valence-corrected chi connectivity index (χ4v) is 3.38. The van der Waals surface area contributed by atoms with Crippen molar-refractivity contribution in [1.82, 2.24) is 14.8 Å². The molecule has 1 aromatic carbocycles. The lowest BCUT2D eigenvalue weighted by Crippen LogP contribution is -2.55. The van der Waals surface area contributed by atoms with Crippen LogP contribution < -0.4 is 5.32 Å². The van der Waals surface area contributed by atoms with Crippen molar-refractivity contribution >= 4 is 5.91 Å². The molecule has 26 heavy (non-hydrogen) atoms. The van der Waals surface area contributed by atoms with Crippen molar-refractivity contribution in [2.45, 2.75) is 32.4 Å². The van der Waals surface area contributed by atoms with E-state index in [2.05, 4.69) is 36.2 Å². The summed E-state index contributed by atoms with van der Waals surface area (Å²) in [5.74, 6) is -0.00982. The maximum atomic E-state index is 12.7. The Kier molecular flexibility index (Phi) is 6.12. The first kappa shape index (κ1) is 18.7. The Morgan fingerprint density at radius 2 is 1.85 bits per heavy atom. The van der Waals surface area contributed by atoms with Crippen molar-refractivity contribution in [3.63, 3.8) is 0 Å². The van der Waals surface area contributed by atoms with Gasteiger partial charge in [0.05, 0.1) is 13.2 Å². The molecule has 0 unspecified atom stereocenters. The molecule has 1 aliphatic rings. The molecule has 2 aromatic rings. The monoisotopic (exact) mass is 355 g/mol. The second-order valence-electron chi connectivity index (χ2n) is 7.42. The molecular formula is C21H29N3O2. The van der Waals surface area contributed by atoms with Gasteiger partial charge in [-0.3, -0.25) is 9.69 Å². The summed E-state index contributed by atoms with van der Waals surface area (Å²) in [4.78, 5) is 15.1. The third-order valence-corrected chi connectivity index (χ3v) is 5.10. The summed E-state index contributed by atoms with van der Waals surface area (Å²) in [5.41, 5.74) is 1.92. The number of rotatable bonds is 7. The highest BCUT2D eigenvalue weighted by atomic mass is 16.5. The third kappa shape index (κ3) is 4.74. The molecule has 5 nitrogen and oxygen atoms in total. The van der Waals surface area contributed by atoms with E-state index in [9.17, 15) is 4.79 Å². The predicted molar refractivity (Wildman–Crippen MR) is 103 cm³/mol. The number of hydrogen-bond donors (Lipinski definition) is 1. The number of amides is 1. The highest BCUT2D eigenvalue weighted by molar-refractivity contribution is 5.92. The van der Waals surface area contributed by atoms with Gasteiger partial charge in [-0.2, -0.15) is 0 Å². The Bertz CT molecular complexity index is 703. The van der Waals surface area contributed by atoms with Crippen molar-refractivity contribution in [3.05, 3.63) is 59.9 Å². The molecule has 140 valence electrons. The molecule has 2 heterocycles. The Balaban J connectivity index is 1.55. The summed E-state index contributed by atoms with van der Waals surface area (Å²) in [6, 6.07) is 14.2. The lowest BCUT2D eigenvalue weighted by molar-refractivity contribution is -0.00925. The van der Waals surface area contributed by atoms with Gasteiger partial charge in [-0.05, 0) is 38.0 Å². The molecule has 0 bridgehead atoms. The molecule has 0 atom stereocenters. The van der Waals surface area contributed by atoms with E-state index in [0.29, 0.717) is 6.54 Å². The molecule has 1 saturated heterocycles. The fraction of sp³-hybridized carbons (Fsp3) is 0.476. The van der Waals surface area contributed by atoms with Crippen LogP contribution in [0.4, 0.5) is 0 Å². The average Bonchev–Trinajstić information content (AvgIpc) is 3.15. The van der Waals surface area contributed by atoms with Crippen molar-refractivity contribution in [1.29, 1.82) is 0 Å². The molecule has 1 amide bonds. The number of ether oxygens (including phenoxy) is 1. The van der Waals surface area contributed by atoms with Crippen LogP contribution in [0, 0.1) is 0 Å². The number of nitrogens with one attached hydrogen (secondary N) is 1. The quantitative estimate of drug-likeness (QED) is 0.830. The zero-order chi connectivity index (χ0) is 18.4. The van der Waals surface area contributed by atoms with Gasteiger partial charge in [-0.1, -0.05) is 30.3 Å². The summed E-state index contributed by atoms with van der Waals surface area (Å²) in [5, 5.41) is 3.12. The average molecular weight is 355 g/mol. The van der Waals surface area contributed by atoms with Crippen molar-refractivity contribution in [3.8, 4) is 0 Å². The normalized spacial score (nSPS) is 15.8. The van der Waals surface area contributed by atoms with Crippen LogP contribution in [0.1, 0.15) is 29.9 Å². The SMILES string of the molecule is CC(C)(CNC(=O)c1cccn1CCc1ccccc1)N1CCOCC1. The van der Waals surface area contributed by atoms with Gasteiger partial charge >= 0.3 is 0 Å². The van der Waals surface area contributed by atoms with E-state index < -0.39 is 0 Å². The highest BCUT2D eigenvalue weighted by Gasteiger charge is 2.28. The summed E-state index contributed by atoms with van der Waals surface area (Å²) in [7, 11) is 0. The molecule has 1 aliphatic heterocycles. The van der Waals surface area contributed by atoms with Crippen LogP contribution in [0.5, 0.6) is 0 Å². The van der Waals surface area contributed by atoms with Crippen LogP contribution in [0.25, 0.3) is 0 Å². The molecule has 3 rings (SSSR count). The van der Waals surface area contributed by atoms with E-state index >= 15 is 0 Å². The second kappa shape index (κ2) is 8.52. The summed E-state index contributed by atoms with van der Waals surface area (Å²) in [6.07, 6.45) is 2.89. The largest absolute Gasteiger partial charge is 0.379 e. The summed E-state index contributed by atoms with van der Waals surface area (Å²) < 4.78 is 7.46. The minimum atomic E-state index is -0.0824. The van der Waals surface area contributed by atoms with Gasteiger partial charge in [-0.15, -0.1) is 0 Å². The Morgan fingerprint density at radius 1 is 1.12 bits per heavy atom. The zero-order valence-electron chi connectivity index (χ0n) is 15.8. The van der Waals surface area contributed by atoms with E-state index in [1.807, 2.05) is 41.1 Å².